The van der Waals surface area contributed by atoms with E-state index in [1.807, 2.05) is 17.5 Å². The van der Waals surface area contributed by atoms with Crippen LogP contribution in [0.15, 0.2) is 33.3 Å². The number of rotatable bonds is 5. The molecule has 1 saturated heterocycles. The SMILES string of the molecule is Cc1cn([C@H]2CC(O)[C@@H](CC(=O)Cc3cccs3)O2)c(=O)[nH]c1=O. The van der Waals surface area contributed by atoms with E-state index in [0.29, 0.717) is 12.0 Å². The Hall–Kier alpha value is -2.03. The van der Waals surface area contributed by atoms with Crippen LogP contribution in [0.3, 0.4) is 0 Å². The first-order chi connectivity index (χ1) is 11.4. The van der Waals surface area contributed by atoms with Crippen molar-refractivity contribution in [3.8, 4) is 0 Å². The number of hydrogen-bond donors (Lipinski definition) is 2. The molecule has 0 spiro atoms. The van der Waals surface area contributed by atoms with E-state index in [4.69, 9.17) is 4.74 Å². The average molecular weight is 350 g/mol. The predicted octanol–water partition coefficient (Wildman–Crippen LogP) is 0.757. The molecule has 0 bridgehead atoms. The second kappa shape index (κ2) is 6.84. The number of thiophene rings is 1. The minimum absolute atomic E-state index is 0.0212. The number of hydrogen-bond acceptors (Lipinski definition) is 6. The zero-order chi connectivity index (χ0) is 17.3. The van der Waals surface area contributed by atoms with Gasteiger partial charge in [0.15, 0.2) is 0 Å². The van der Waals surface area contributed by atoms with Crippen LogP contribution in [0.2, 0.25) is 0 Å². The Balaban J connectivity index is 1.68. The van der Waals surface area contributed by atoms with Gasteiger partial charge in [-0.3, -0.25) is 19.1 Å². The maximum Gasteiger partial charge on any atom is 0.330 e. The van der Waals surface area contributed by atoms with Gasteiger partial charge in [-0.1, -0.05) is 6.07 Å². The van der Waals surface area contributed by atoms with E-state index in [1.54, 1.807) is 6.92 Å². The highest BCUT2D eigenvalue weighted by Crippen LogP contribution is 2.30. The fourth-order valence-electron chi connectivity index (χ4n) is 2.77. The molecule has 0 radical (unpaired) electrons. The summed E-state index contributed by atoms with van der Waals surface area (Å²) in [7, 11) is 0. The van der Waals surface area contributed by atoms with Crippen molar-refractivity contribution in [2.24, 2.45) is 0 Å². The molecule has 0 amide bonds. The van der Waals surface area contributed by atoms with Gasteiger partial charge in [0.2, 0.25) is 0 Å². The molecule has 0 aromatic carbocycles. The fourth-order valence-corrected chi connectivity index (χ4v) is 3.51. The molecule has 2 N–H and O–H groups in total. The first-order valence-electron chi connectivity index (χ1n) is 7.63. The summed E-state index contributed by atoms with van der Waals surface area (Å²) in [6.07, 6.45) is -0.165. The molecule has 7 nitrogen and oxygen atoms in total. The molecule has 3 rings (SSSR count). The minimum Gasteiger partial charge on any atom is -0.390 e. The highest BCUT2D eigenvalue weighted by atomic mass is 32.1. The van der Waals surface area contributed by atoms with Crippen LogP contribution in [0.25, 0.3) is 0 Å². The topological polar surface area (TPSA) is 101 Å². The lowest BCUT2D eigenvalue weighted by atomic mass is 10.1. The standard InChI is InChI=1S/C16H18N2O5S/c1-9-8-18(16(22)17-15(9)21)14-7-12(20)13(23-14)6-10(19)5-11-3-2-4-24-11/h2-4,8,12-14,20H,5-7H2,1H3,(H,17,21,22)/t12?,13-,14-/m1/s1. The lowest BCUT2D eigenvalue weighted by Gasteiger charge is -2.15. The molecule has 1 aliphatic rings. The Kier molecular flexibility index (Phi) is 4.79. The van der Waals surface area contributed by atoms with Gasteiger partial charge >= 0.3 is 5.69 Å². The van der Waals surface area contributed by atoms with Gasteiger partial charge in [-0.25, -0.2) is 4.79 Å². The van der Waals surface area contributed by atoms with E-state index in [2.05, 4.69) is 4.98 Å². The molecule has 3 atom stereocenters. The van der Waals surface area contributed by atoms with Crippen LogP contribution in [-0.2, 0) is 16.0 Å². The van der Waals surface area contributed by atoms with Crippen LogP contribution in [-0.4, -0.2) is 32.6 Å². The molecule has 3 heterocycles. The number of ketones is 1. The predicted molar refractivity (Wildman–Crippen MR) is 88.2 cm³/mol. The number of nitrogens with one attached hydrogen (secondary N) is 1. The van der Waals surface area contributed by atoms with Crippen molar-refractivity contribution in [1.29, 1.82) is 0 Å². The average Bonchev–Trinajstić information content (AvgIpc) is 3.13. The normalized spacial score (nSPS) is 23.5. The molecule has 24 heavy (non-hydrogen) atoms. The number of H-pyrrole nitrogens is 1. The Labute approximate surface area is 141 Å². The summed E-state index contributed by atoms with van der Waals surface area (Å²) in [6, 6.07) is 3.77. The number of aliphatic hydroxyl groups excluding tert-OH is 1. The summed E-state index contributed by atoms with van der Waals surface area (Å²) >= 11 is 1.51. The Morgan fingerprint density at radius 2 is 2.29 bits per heavy atom. The molecule has 0 aliphatic carbocycles. The number of aromatic nitrogens is 2. The number of carbonyl (C=O) groups excluding carboxylic acids is 1. The number of Topliss-reactive ketones (excluding diaryl/α,β-unsaturated/α-hetero) is 1. The molecule has 1 unspecified atom stereocenters. The Morgan fingerprint density at radius 1 is 1.50 bits per heavy atom. The van der Waals surface area contributed by atoms with Crippen molar-refractivity contribution in [3.05, 3.63) is 55.0 Å². The molecule has 2 aromatic rings. The highest BCUT2D eigenvalue weighted by Gasteiger charge is 2.36. The van der Waals surface area contributed by atoms with Crippen LogP contribution >= 0.6 is 11.3 Å². The van der Waals surface area contributed by atoms with Crippen molar-refractivity contribution in [2.75, 3.05) is 0 Å². The second-order valence-corrected chi connectivity index (χ2v) is 6.94. The molecule has 2 aromatic heterocycles. The van der Waals surface area contributed by atoms with Crippen LogP contribution in [0.5, 0.6) is 0 Å². The van der Waals surface area contributed by atoms with Gasteiger partial charge in [-0.15, -0.1) is 11.3 Å². The molecule has 1 fully saturated rings. The summed E-state index contributed by atoms with van der Waals surface area (Å²) in [6.45, 7) is 1.59. The van der Waals surface area contributed by atoms with Gasteiger partial charge in [-0.2, -0.15) is 0 Å². The first-order valence-corrected chi connectivity index (χ1v) is 8.51. The molecule has 8 heteroatoms. The third-order valence-corrected chi connectivity index (χ3v) is 4.92. The quantitative estimate of drug-likeness (QED) is 0.829. The monoisotopic (exact) mass is 350 g/mol. The molecule has 128 valence electrons. The smallest absolute Gasteiger partial charge is 0.330 e. The number of aliphatic hydroxyl groups is 1. The summed E-state index contributed by atoms with van der Waals surface area (Å²) < 4.78 is 6.95. The van der Waals surface area contributed by atoms with E-state index in [-0.39, 0.29) is 18.6 Å². The Bertz CT molecular complexity index is 839. The maximum atomic E-state index is 12.1. The van der Waals surface area contributed by atoms with Gasteiger partial charge < -0.3 is 9.84 Å². The number of ether oxygens (including phenoxy) is 1. The highest BCUT2D eigenvalue weighted by molar-refractivity contribution is 7.10. The van der Waals surface area contributed by atoms with E-state index in [0.717, 1.165) is 4.88 Å². The molecule has 0 saturated carbocycles. The van der Waals surface area contributed by atoms with Crippen molar-refractivity contribution in [1.82, 2.24) is 9.55 Å². The van der Waals surface area contributed by atoms with Crippen LogP contribution in [0, 0.1) is 6.92 Å². The fraction of sp³-hybridized carbons (Fsp3) is 0.438. The zero-order valence-corrected chi connectivity index (χ0v) is 13.9. The van der Waals surface area contributed by atoms with Gasteiger partial charge in [0.25, 0.3) is 5.56 Å². The van der Waals surface area contributed by atoms with Crippen molar-refractivity contribution >= 4 is 17.1 Å². The van der Waals surface area contributed by atoms with Crippen LogP contribution in [0.1, 0.15) is 29.5 Å². The van der Waals surface area contributed by atoms with Crippen molar-refractivity contribution in [2.45, 2.75) is 44.6 Å². The van der Waals surface area contributed by atoms with Gasteiger partial charge in [0.05, 0.1) is 12.2 Å². The molecule has 1 aliphatic heterocycles. The number of nitrogens with zero attached hydrogens (tertiary/aromatic N) is 1. The molecular formula is C16H18N2O5S. The summed E-state index contributed by atoms with van der Waals surface area (Å²) in [5.74, 6) is -0.0212. The summed E-state index contributed by atoms with van der Waals surface area (Å²) in [5, 5.41) is 12.1. The number of aromatic amines is 1. The summed E-state index contributed by atoms with van der Waals surface area (Å²) in [5.41, 5.74) is -0.657. The minimum atomic E-state index is -0.832. The summed E-state index contributed by atoms with van der Waals surface area (Å²) in [4.78, 5) is 38.6. The molecular weight excluding hydrogens is 332 g/mol. The van der Waals surface area contributed by atoms with Crippen molar-refractivity contribution in [3.63, 3.8) is 0 Å². The van der Waals surface area contributed by atoms with Crippen LogP contribution < -0.4 is 11.2 Å². The lowest BCUT2D eigenvalue weighted by Crippen LogP contribution is -2.33. The number of carbonyl (C=O) groups is 1. The largest absolute Gasteiger partial charge is 0.390 e. The van der Waals surface area contributed by atoms with E-state index in [9.17, 15) is 19.5 Å². The third kappa shape index (κ3) is 3.55. The van der Waals surface area contributed by atoms with Gasteiger partial charge in [-0.05, 0) is 18.4 Å². The van der Waals surface area contributed by atoms with Gasteiger partial charge in [0, 0.05) is 35.9 Å². The van der Waals surface area contributed by atoms with E-state index >= 15 is 0 Å². The van der Waals surface area contributed by atoms with Crippen molar-refractivity contribution < 1.29 is 14.6 Å². The maximum absolute atomic E-state index is 12.1. The number of aryl methyl sites for hydroxylation is 1. The zero-order valence-electron chi connectivity index (χ0n) is 13.1. The van der Waals surface area contributed by atoms with Gasteiger partial charge in [0.1, 0.15) is 12.0 Å². The third-order valence-electron chi connectivity index (χ3n) is 4.04. The Morgan fingerprint density at radius 3 is 3.00 bits per heavy atom. The first kappa shape index (κ1) is 16.8. The van der Waals surface area contributed by atoms with Crippen LogP contribution in [0.4, 0.5) is 0 Å². The second-order valence-electron chi connectivity index (χ2n) is 5.91. The van der Waals surface area contributed by atoms with E-state index in [1.165, 1.54) is 22.1 Å². The van der Waals surface area contributed by atoms with E-state index < -0.39 is 29.7 Å². The lowest BCUT2D eigenvalue weighted by molar-refractivity contribution is -0.123.